The van der Waals surface area contributed by atoms with E-state index < -0.39 is 15.4 Å². The van der Waals surface area contributed by atoms with Crippen LogP contribution in [0.4, 0.5) is 5.69 Å². The van der Waals surface area contributed by atoms with E-state index in [1.165, 1.54) is 0 Å². The third-order valence-electron chi connectivity index (χ3n) is 3.48. The molecule has 0 saturated carbocycles. The Bertz CT molecular complexity index is 778. The van der Waals surface area contributed by atoms with Crippen LogP contribution in [-0.2, 0) is 9.84 Å². The highest BCUT2D eigenvalue weighted by Crippen LogP contribution is 2.30. The molecule has 3 rings (SSSR count). The van der Waals surface area contributed by atoms with Crippen LogP contribution in [0.1, 0.15) is 13.3 Å². The smallest absolute Gasteiger partial charge is 0.152 e. The molecule has 3 heterocycles. The number of sulfone groups is 1. The average Bonchev–Trinajstić information content (AvgIpc) is 2.63. The summed E-state index contributed by atoms with van der Waals surface area (Å²) in [5, 5.41) is 3.34. The van der Waals surface area contributed by atoms with E-state index in [2.05, 4.69) is 31.2 Å². The number of nitrogens with one attached hydrogen (secondary N) is 1. The van der Waals surface area contributed by atoms with Gasteiger partial charge in [-0.15, -0.1) is 0 Å². The molecule has 1 unspecified atom stereocenters. The van der Waals surface area contributed by atoms with Gasteiger partial charge >= 0.3 is 0 Å². The number of nitrogens with zero attached hydrogens (tertiary/aromatic N) is 2. The zero-order valence-corrected chi connectivity index (χ0v) is 13.3. The Labute approximate surface area is 125 Å². The average molecular weight is 356 g/mol. The molecule has 1 aliphatic rings. The summed E-state index contributed by atoms with van der Waals surface area (Å²) < 4.78 is 24.2. The van der Waals surface area contributed by atoms with Crippen LogP contribution >= 0.6 is 15.9 Å². The number of hydrogen-bond donors (Lipinski definition) is 1. The normalized spacial score (nSPS) is 24.9. The summed E-state index contributed by atoms with van der Waals surface area (Å²) in [4.78, 5) is 8.65. The molecule has 0 amide bonds. The van der Waals surface area contributed by atoms with E-state index >= 15 is 0 Å². The van der Waals surface area contributed by atoms with Gasteiger partial charge in [0.25, 0.3) is 0 Å². The minimum atomic E-state index is -2.94. The Morgan fingerprint density at radius 2 is 2.20 bits per heavy atom. The van der Waals surface area contributed by atoms with Crippen molar-refractivity contribution in [1.82, 2.24) is 9.97 Å². The molecule has 2 aromatic heterocycles. The molecule has 1 saturated heterocycles. The van der Waals surface area contributed by atoms with Gasteiger partial charge in [0, 0.05) is 22.4 Å². The van der Waals surface area contributed by atoms with Crippen LogP contribution in [0.3, 0.4) is 0 Å². The fourth-order valence-electron chi connectivity index (χ4n) is 2.54. The molecule has 106 valence electrons. The molecule has 1 atom stereocenters. The third-order valence-corrected chi connectivity index (χ3v) is 5.82. The maximum Gasteiger partial charge on any atom is 0.152 e. The Balaban J connectivity index is 1.99. The summed E-state index contributed by atoms with van der Waals surface area (Å²) in [5.74, 6) is 0.388. The lowest BCUT2D eigenvalue weighted by Crippen LogP contribution is -2.36. The van der Waals surface area contributed by atoms with Gasteiger partial charge in [-0.3, -0.25) is 9.97 Å². The number of anilines is 1. The Morgan fingerprint density at radius 1 is 1.40 bits per heavy atom. The predicted octanol–water partition coefficient (Wildman–Crippen LogP) is 2.38. The second-order valence-corrected chi connectivity index (χ2v) is 8.51. The first-order chi connectivity index (χ1) is 9.37. The van der Waals surface area contributed by atoms with E-state index in [1.807, 2.05) is 19.1 Å². The minimum Gasteiger partial charge on any atom is -0.377 e. The van der Waals surface area contributed by atoms with Crippen LogP contribution in [0.5, 0.6) is 0 Å². The lowest BCUT2D eigenvalue weighted by Gasteiger charge is -2.25. The van der Waals surface area contributed by atoms with Gasteiger partial charge in [-0.2, -0.15) is 0 Å². The van der Waals surface area contributed by atoms with Crippen molar-refractivity contribution in [2.75, 3.05) is 16.8 Å². The van der Waals surface area contributed by atoms with Crippen molar-refractivity contribution in [3.8, 4) is 0 Å². The van der Waals surface area contributed by atoms with Crippen molar-refractivity contribution in [2.24, 2.45) is 0 Å². The monoisotopic (exact) mass is 355 g/mol. The van der Waals surface area contributed by atoms with Crippen LogP contribution in [0.2, 0.25) is 0 Å². The molecule has 7 heteroatoms. The minimum absolute atomic E-state index is 0.153. The van der Waals surface area contributed by atoms with Crippen molar-refractivity contribution in [3.05, 3.63) is 29.0 Å². The number of rotatable bonds is 2. The summed E-state index contributed by atoms with van der Waals surface area (Å²) in [7, 11) is -2.94. The molecule has 20 heavy (non-hydrogen) atoms. The van der Waals surface area contributed by atoms with E-state index in [9.17, 15) is 8.42 Å². The maximum absolute atomic E-state index is 11.7. The van der Waals surface area contributed by atoms with E-state index in [-0.39, 0.29) is 11.5 Å². The number of fused-ring (bicyclic) bond motifs is 1. The Morgan fingerprint density at radius 3 is 2.90 bits per heavy atom. The molecule has 0 aliphatic carbocycles. The van der Waals surface area contributed by atoms with Crippen molar-refractivity contribution in [3.63, 3.8) is 0 Å². The van der Waals surface area contributed by atoms with Gasteiger partial charge in [0.1, 0.15) is 5.52 Å². The highest BCUT2D eigenvalue weighted by Gasteiger charge is 2.38. The number of hydrogen-bond acceptors (Lipinski definition) is 5. The lowest BCUT2D eigenvalue weighted by molar-refractivity contribution is 0.574. The van der Waals surface area contributed by atoms with Crippen molar-refractivity contribution in [2.45, 2.75) is 18.9 Å². The van der Waals surface area contributed by atoms with Gasteiger partial charge in [-0.1, -0.05) is 0 Å². The van der Waals surface area contributed by atoms with E-state index in [0.717, 1.165) is 21.2 Å². The molecular formula is C13H14BrN3O2S. The van der Waals surface area contributed by atoms with Gasteiger partial charge in [0.05, 0.1) is 22.7 Å². The van der Waals surface area contributed by atoms with Gasteiger partial charge in [0.15, 0.2) is 9.84 Å². The van der Waals surface area contributed by atoms with Gasteiger partial charge < -0.3 is 5.32 Å². The fourth-order valence-corrected chi connectivity index (χ4v) is 4.95. The summed E-state index contributed by atoms with van der Waals surface area (Å²) in [6, 6.07) is 3.72. The molecule has 0 spiro atoms. The van der Waals surface area contributed by atoms with Gasteiger partial charge in [-0.25, -0.2) is 8.42 Å². The molecule has 2 aromatic rings. The molecule has 1 aliphatic heterocycles. The molecule has 0 bridgehead atoms. The Kier molecular flexibility index (Phi) is 3.21. The molecular weight excluding hydrogens is 342 g/mol. The first-order valence-corrected chi connectivity index (χ1v) is 8.87. The second-order valence-electron chi connectivity index (χ2n) is 5.41. The van der Waals surface area contributed by atoms with Crippen LogP contribution in [0, 0.1) is 0 Å². The second kappa shape index (κ2) is 4.66. The number of halogens is 1. The topological polar surface area (TPSA) is 72.0 Å². The molecule has 0 radical (unpaired) electrons. The molecule has 0 aromatic carbocycles. The predicted molar refractivity (Wildman–Crippen MR) is 82.5 cm³/mol. The molecule has 1 fully saturated rings. The molecule has 5 nitrogen and oxygen atoms in total. The zero-order chi connectivity index (χ0) is 14.4. The highest BCUT2D eigenvalue weighted by atomic mass is 79.9. The van der Waals surface area contributed by atoms with Crippen molar-refractivity contribution >= 4 is 42.5 Å². The van der Waals surface area contributed by atoms with Crippen molar-refractivity contribution < 1.29 is 8.42 Å². The number of aromatic nitrogens is 2. The van der Waals surface area contributed by atoms with E-state index in [4.69, 9.17) is 0 Å². The largest absolute Gasteiger partial charge is 0.377 e. The van der Waals surface area contributed by atoms with E-state index in [1.54, 1.807) is 12.4 Å². The third kappa shape index (κ3) is 2.64. The summed E-state index contributed by atoms with van der Waals surface area (Å²) >= 11 is 3.37. The van der Waals surface area contributed by atoms with Gasteiger partial charge in [-0.05, 0) is 41.4 Å². The zero-order valence-electron chi connectivity index (χ0n) is 10.9. The Hall–Kier alpha value is -1.21. The molecule has 1 N–H and O–H groups in total. The van der Waals surface area contributed by atoms with Crippen LogP contribution < -0.4 is 5.32 Å². The highest BCUT2D eigenvalue weighted by molar-refractivity contribution is 9.10. The maximum atomic E-state index is 11.7. The van der Waals surface area contributed by atoms with Crippen LogP contribution in [-0.4, -0.2) is 35.4 Å². The SMILES string of the molecule is CC1(Nc2ccnc3cc(Br)cnc23)CCS(=O)(=O)C1. The van der Waals surface area contributed by atoms with E-state index in [0.29, 0.717) is 6.42 Å². The first-order valence-electron chi connectivity index (χ1n) is 6.26. The quantitative estimate of drug-likeness (QED) is 0.895. The van der Waals surface area contributed by atoms with Gasteiger partial charge in [0.2, 0.25) is 0 Å². The van der Waals surface area contributed by atoms with Crippen LogP contribution in [0.15, 0.2) is 29.0 Å². The standard InChI is InChI=1S/C13H14BrN3O2S/c1-13(3-5-20(18,19)8-13)17-10-2-4-15-11-6-9(14)7-16-12(10)11/h2,4,6-7H,3,5,8H2,1H3,(H,15,17). The fraction of sp³-hybridized carbons (Fsp3) is 0.385. The van der Waals surface area contributed by atoms with Crippen molar-refractivity contribution in [1.29, 1.82) is 0 Å². The summed E-state index contributed by atoms with van der Waals surface area (Å²) in [5.41, 5.74) is 1.90. The van der Waals surface area contributed by atoms with Crippen LogP contribution in [0.25, 0.3) is 11.0 Å². The number of pyridine rings is 2. The lowest BCUT2D eigenvalue weighted by atomic mass is 10.0. The summed E-state index contributed by atoms with van der Waals surface area (Å²) in [6.07, 6.45) is 4.02. The summed E-state index contributed by atoms with van der Waals surface area (Å²) in [6.45, 7) is 1.93. The first kappa shape index (κ1) is 13.8.